The molecule has 4 heterocycles. The highest BCUT2D eigenvalue weighted by molar-refractivity contribution is 5.91. The van der Waals surface area contributed by atoms with E-state index in [9.17, 15) is 13.2 Å². The minimum atomic E-state index is -4.43. The second-order valence-corrected chi connectivity index (χ2v) is 9.33. The molecule has 0 spiro atoms. The van der Waals surface area contributed by atoms with Crippen LogP contribution in [0.3, 0.4) is 0 Å². The number of piperazine rings is 1. The standard InChI is InChI=1S/C25H31F3N8/c1-2-34-8-10-35(11-9-34)22-15-20-21(16-31-22)32-24(36-6-3-7-36)33-23(20)30-5-4-17-12-18(25(26,27)28)14-19(29)13-17/h12-16H,2-11,29H2,1H3,(H,30,32,33). The first kappa shape index (κ1) is 24.4. The summed E-state index contributed by atoms with van der Waals surface area (Å²) in [6, 6.07) is 5.71. The molecule has 0 atom stereocenters. The molecule has 5 rings (SSSR count). The van der Waals surface area contributed by atoms with Crippen LogP contribution in [0.1, 0.15) is 24.5 Å². The zero-order valence-corrected chi connectivity index (χ0v) is 20.4. The first-order chi connectivity index (χ1) is 17.3. The molecule has 3 N–H and O–H groups in total. The number of nitrogens with one attached hydrogen (secondary N) is 1. The Kier molecular flexibility index (Phi) is 6.74. The average Bonchev–Trinajstić information content (AvgIpc) is 2.82. The summed E-state index contributed by atoms with van der Waals surface area (Å²) in [5.74, 6) is 2.19. The normalized spacial score (nSPS) is 16.9. The van der Waals surface area contributed by atoms with E-state index in [2.05, 4.69) is 31.9 Å². The molecule has 1 aromatic carbocycles. The largest absolute Gasteiger partial charge is 0.416 e. The van der Waals surface area contributed by atoms with Crippen molar-refractivity contribution in [3.05, 3.63) is 41.6 Å². The van der Waals surface area contributed by atoms with Gasteiger partial charge in [-0.25, -0.2) is 9.97 Å². The van der Waals surface area contributed by atoms with E-state index in [1.165, 1.54) is 0 Å². The Labute approximate surface area is 208 Å². The number of nitrogens with two attached hydrogens (primary N) is 1. The maximum atomic E-state index is 13.2. The van der Waals surface area contributed by atoms with Gasteiger partial charge in [-0.3, -0.25) is 0 Å². The average molecular weight is 501 g/mol. The summed E-state index contributed by atoms with van der Waals surface area (Å²) in [6.45, 7) is 9.21. The number of benzene rings is 1. The molecular formula is C25H31F3N8. The zero-order valence-electron chi connectivity index (χ0n) is 20.4. The first-order valence-corrected chi connectivity index (χ1v) is 12.4. The summed E-state index contributed by atoms with van der Waals surface area (Å²) < 4.78 is 39.6. The van der Waals surface area contributed by atoms with Crippen LogP contribution in [0.15, 0.2) is 30.5 Å². The number of pyridine rings is 1. The maximum Gasteiger partial charge on any atom is 0.416 e. The Bertz CT molecular complexity index is 1220. The number of hydrogen-bond donors (Lipinski definition) is 2. The fourth-order valence-corrected chi connectivity index (χ4v) is 4.62. The molecule has 2 fully saturated rings. The number of alkyl halides is 3. The van der Waals surface area contributed by atoms with Crippen molar-refractivity contribution < 1.29 is 13.2 Å². The number of fused-ring (bicyclic) bond motifs is 1. The predicted molar refractivity (Wildman–Crippen MR) is 137 cm³/mol. The van der Waals surface area contributed by atoms with Crippen molar-refractivity contribution in [1.29, 1.82) is 0 Å². The van der Waals surface area contributed by atoms with E-state index in [4.69, 9.17) is 15.7 Å². The van der Waals surface area contributed by atoms with Crippen LogP contribution < -0.4 is 20.9 Å². The molecule has 8 nitrogen and oxygen atoms in total. The van der Waals surface area contributed by atoms with Crippen molar-refractivity contribution in [1.82, 2.24) is 19.9 Å². The van der Waals surface area contributed by atoms with E-state index in [-0.39, 0.29) is 5.69 Å². The van der Waals surface area contributed by atoms with Crippen molar-refractivity contribution >= 4 is 34.2 Å². The summed E-state index contributed by atoms with van der Waals surface area (Å²) >= 11 is 0. The van der Waals surface area contributed by atoms with Gasteiger partial charge < -0.3 is 25.8 Å². The molecule has 0 aliphatic carbocycles. The molecule has 11 heteroatoms. The highest BCUT2D eigenvalue weighted by atomic mass is 19.4. The summed E-state index contributed by atoms with van der Waals surface area (Å²) in [6.07, 6.45) is -1.17. The molecule has 3 aromatic rings. The number of hydrogen-bond acceptors (Lipinski definition) is 8. The molecule has 0 amide bonds. The second-order valence-electron chi connectivity index (χ2n) is 9.33. The second kappa shape index (κ2) is 9.96. The van der Waals surface area contributed by atoms with Crippen molar-refractivity contribution in [2.75, 3.05) is 73.2 Å². The minimum absolute atomic E-state index is 0.103. The lowest BCUT2D eigenvalue weighted by atomic mass is 10.1. The molecular weight excluding hydrogens is 469 g/mol. The van der Waals surface area contributed by atoms with E-state index in [1.54, 1.807) is 12.3 Å². The Morgan fingerprint density at radius 2 is 1.75 bits per heavy atom. The quantitative estimate of drug-likeness (QED) is 0.476. The van der Waals surface area contributed by atoms with Crippen LogP contribution in [0.2, 0.25) is 0 Å². The molecule has 192 valence electrons. The number of nitrogens with zero attached hydrogens (tertiary/aromatic N) is 6. The lowest BCUT2D eigenvalue weighted by Crippen LogP contribution is -2.46. The van der Waals surface area contributed by atoms with Crippen molar-refractivity contribution in [3.63, 3.8) is 0 Å². The third-order valence-corrected chi connectivity index (χ3v) is 6.89. The lowest BCUT2D eigenvalue weighted by Gasteiger charge is -2.35. The summed E-state index contributed by atoms with van der Waals surface area (Å²) in [5.41, 5.74) is 6.37. The molecule has 2 aromatic heterocycles. The SMILES string of the molecule is CCN1CCN(c2cc3c(NCCc4cc(N)cc(C(F)(F)F)c4)nc(N4CCC4)nc3cn2)CC1. The molecule has 2 aliphatic rings. The predicted octanol–water partition coefficient (Wildman–Crippen LogP) is 3.63. The van der Waals surface area contributed by atoms with Gasteiger partial charge in [0.05, 0.1) is 17.3 Å². The van der Waals surface area contributed by atoms with Crippen molar-refractivity contribution in [3.8, 4) is 0 Å². The van der Waals surface area contributed by atoms with Crippen LogP contribution in [0, 0.1) is 0 Å². The van der Waals surface area contributed by atoms with Gasteiger partial charge >= 0.3 is 6.18 Å². The third kappa shape index (κ3) is 5.25. The Hall–Kier alpha value is -3.34. The molecule has 0 saturated carbocycles. The number of anilines is 4. The summed E-state index contributed by atoms with van der Waals surface area (Å²) in [5, 5.41) is 4.20. The number of halogens is 3. The van der Waals surface area contributed by atoms with Gasteiger partial charge in [-0.05, 0) is 49.2 Å². The topological polar surface area (TPSA) is 86.4 Å². The number of likely N-dealkylation sites (N-methyl/N-ethyl adjacent to an activating group) is 1. The zero-order chi connectivity index (χ0) is 25.3. The number of nitrogen functional groups attached to an aromatic ring is 1. The fraction of sp³-hybridized carbons (Fsp3) is 0.480. The van der Waals surface area contributed by atoms with Gasteiger partial charge in [0.15, 0.2) is 0 Å². The van der Waals surface area contributed by atoms with E-state index >= 15 is 0 Å². The molecule has 2 aliphatic heterocycles. The van der Waals surface area contributed by atoms with Gasteiger partial charge in [0.2, 0.25) is 5.95 Å². The van der Waals surface area contributed by atoms with Crippen LogP contribution in [0.25, 0.3) is 10.9 Å². The molecule has 0 bridgehead atoms. The number of rotatable bonds is 7. The van der Waals surface area contributed by atoms with Crippen molar-refractivity contribution in [2.45, 2.75) is 25.9 Å². The van der Waals surface area contributed by atoms with E-state index in [1.807, 2.05) is 6.07 Å². The van der Waals surface area contributed by atoms with Gasteiger partial charge in [-0.2, -0.15) is 18.2 Å². The monoisotopic (exact) mass is 500 g/mol. The number of aromatic nitrogens is 3. The van der Waals surface area contributed by atoms with Gasteiger partial charge in [-0.1, -0.05) is 6.92 Å². The van der Waals surface area contributed by atoms with Gasteiger partial charge in [0.25, 0.3) is 0 Å². The van der Waals surface area contributed by atoms with Gasteiger partial charge in [-0.15, -0.1) is 0 Å². The summed E-state index contributed by atoms with van der Waals surface area (Å²) in [7, 11) is 0. The van der Waals surface area contributed by atoms with Crippen LogP contribution in [-0.2, 0) is 12.6 Å². The Morgan fingerprint density at radius 1 is 0.972 bits per heavy atom. The minimum Gasteiger partial charge on any atom is -0.399 e. The van der Waals surface area contributed by atoms with E-state index in [0.29, 0.717) is 30.3 Å². The smallest absolute Gasteiger partial charge is 0.399 e. The maximum absolute atomic E-state index is 13.2. The van der Waals surface area contributed by atoms with E-state index in [0.717, 1.165) is 81.1 Å². The fourth-order valence-electron chi connectivity index (χ4n) is 4.62. The van der Waals surface area contributed by atoms with Crippen LogP contribution in [0.4, 0.5) is 36.4 Å². The Morgan fingerprint density at radius 3 is 2.42 bits per heavy atom. The highest BCUT2D eigenvalue weighted by Crippen LogP contribution is 2.32. The lowest BCUT2D eigenvalue weighted by molar-refractivity contribution is -0.137. The van der Waals surface area contributed by atoms with Gasteiger partial charge in [0.1, 0.15) is 11.6 Å². The van der Waals surface area contributed by atoms with Crippen LogP contribution >= 0.6 is 0 Å². The van der Waals surface area contributed by atoms with Gasteiger partial charge in [0, 0.05) is 56.9 Å². The molecule has 2 saturated heterocycles. The Balaban J connectivity index is 1.39. The van der Waals surface area contributed by atoms with Crippen molar-refractivity contribution in [2.24, 2.45) is 0 Å². The molecule has 0 unspecified atom stereocenters. The molecule has 36 heavy (non-hydrogen) atoms. The third-order valence-electron chi connectivity index (χ3n) is 6.89. The first-order valence-electron chi connectivity index (χ1n) is 12.4. The van der Waals surface area contributed by atoms with E-state index < -0.39 is 11.7 Å². The summed E-state index contributed by atoms with van der Waals surface area (Å²) in [4.78, 5) is 21.0. The molecule has 0 radical (unpaired) electrons. The highest BCUT2D eigenvalue weighted by Gasteiger charge is 2.31. The van der Waals surface area contributed by atoms with Crippen LogP contribution in [-0.4, -0.2) is 72.2 Å². The van der Waals surface area contributed by atoms with Crippen LogP contribution in [0.5, 0.6) is 0 Å².